The number of amides is 1. The van der Waals surface area contributed by atoms with Gasteiger partial charge in [-0.05, 0) is 44.7 Å². The number of aromatic nitrogens is 3. The van der Waals surface area contributed by atoms with E-state index in [4.69, 9.17) is 0 Å². The van der Waals surface area contributed by atoms with Gasteiger partial charge in [0.15, 0.2) is 0 Å². The summed E-state index contributed by atoms with van der Waals surface area (Å²) in [4.78, 5) is 24.6. The zero-order valence-electron chi connectivity index (χ0n) is 13.8. The Morgan fingerprint density at radius 1 is 1.22 bits per heavy atom. The SMILES string of the molecule is Cc1cc(C)c(NC(=O)Cn2nc3n(c2=O)CCCC3)c(C)c1. The topological polar surface area (TPSA) is 68.9 Å². The van der Waals surface area contributed by atoms with E-state index < -0.39 is 0 Å². The predicted molar refractivity (Wildman–Crippen MR) is 88.7 cm³/mol. The van der Waals surface area contributed by atoms with Crippen LogP contribution in [0.3, 0.4) is 0 Å². The first-order chi connectivity index (χ1) is 11.0. The van der Waals surface area contributed by atoms with Crippen molar-refractivity contribution in [3.63, 3.8) is 0 Å². The van der Waals surface area contributed by atoms with Gasteiger partial charge >= 0.3 is 5.69 Å². The maximum atomic E-state index is 12.3. The van der Waals surface area contributed by atoms with Crippen molar-refractivity contribution in [2.24, 2.45) is 0 Å². The Kier molecular flexibility index (Phi) is 4.07. The average molecular weight is 314 g/mol. The highest BCUT2D eigenvalue weighted by Crippen LogP contribution is 2.21. The highest BCUT2D eigenvalue weighted by molar-refractivity contribution is 5.92. The van der Waals surface area contributed by atoms with Gasteiger partial charge in [0.25, 0.3) is 0 Å². The summed E-state index contributed by atoms with van der Waals surface area (Å²) in [5, 5.41) is 7.21. The van der Waals surface area contributed by atoms with Crippen LogP contribution in [0.1, 0.15) is 35.4 Å². The van der Waals surface area contributed by atoms with Crippen LogP contribution in [0.15, 0.2) is 16.9 Å². The van der Waals surface area contributed by atoms with Crippen molar-refractivity contribution in [2.75, 3.05) is 5.32 Å². The second kappa shape index (κ2) is 6.02. The molecule has 0 unspecified atom stereocenters. The first-order valence-corrected chi connectivity index (χ1v) is 8.00. The number of rotatable bonds is 3. The molecular weight excluding hydrogens is 292 g/mol. The number of hydrogen-bond donors (Lipinski definition) is 1. The zero-order chi connectivity index (χ0) is 16.6. The largest absolute Gasteiger partial charge is 0.346 e. The molecule has 23 heavy (non-hydrogen) atoms. The lowest BCUT2D eigenvalue weighted by molar-refractivity contribution is -0.117. The normalized spacial score (nSPS) is 13.7. The standard InChI is InChI=1S/C17H22N4O2/c1-11-8-12(2)16(13(3)9-11)18-15(22)10-21-17(23)20-7-5-4-6-14(20)19-21/h8-9H,4-7,10H2,1-3H3,(H,18,22). The molecule has 1 aromatic carbocycles. The monoisotopic (exact) mass is 314 g/mol. The van der Waals surface area contributed by atoms with Crippen molar-refractivity contribution in [1.82, 2.24) is 14.3 Å². The smallest absolute Gasteiger partial charge is 0.324 e. The number of fused-ring (bicyclic) bond motifs is 1. The Labute approximate surface area is 135 Å². The van der Waals surface area contributed by atoms with E-state index in [0.29, 0.717) is 6.54 Å². The van der Waals surface area contributed by atoms with Crippen LogP contribution in [0, 0.1) is 20.8 Å². The van der Waals surface area contributed by atoms with Crippen molar-refractivity contribution >= 4 is 11.6 Å². The predicted octanol–water partition coefficient (Wildman–Crippen LogP) is 1.95. The molecule has 0 atom stereocenters. The molecule has 1 N–H and O–H groups in total. The maximum absolute atomic E-state index is 12.3. The van der Waals surface area contributed by atoms with Crippen molar-refractivity contribution in [3.8, 4) is 0 Å². The van der Waals surface area contributed by atoms with Crippen molar-refractivity contribution in [1.29, 1.82) is 0 Å². The van der Waals surface area contributed by atoms with Crippen molar-refractivity contribution in [2.45, 2.75) is 53.1 Å². The zero-order valence-corrected chi connectivity index (χ0v) is 13.8. The van der Waals surface area contributed by atoms with Crippen LogP contribution in [0.2, 0.25) is 0 Å². The Balaban J connectivity index is 1.78. The second-order valence-electron chi connectivity index (χ2n) is 6.29. The fourth-order valence-electron chi connectivity index (χ4n) is 3.24. The van der Waals surface area contributed by atoms with Crippen molar-refractivity contribution in [3.05, 3.63) is 45.1 Å². The molecule has 0 radical (unpaired) electrons. The number of carbonyl (C=O) groups is 1. The van der Waals surface area contributed by atoms with Gasteiger partial charge in [-0.2, -0.15) is 5.10 Å². The number of nitrogens with zero attached hydrogens (tertiary/aromatic N) is 3. The molecule has 1 aliphatic heterocycles. The number of nitrogens with one attached hydrogen (secondary N) is 1. The quantitative estimate of drug-likeness (QED) is 0.941. The van der Waals surface area contributed by atoms with E-state index in [9.17, 15) is 9.59 Å². The van der Waals surface area contributed by atoms with E-state index in [2.05, 4.69) is 10.4 Å². The minimum Gasteiger partial charge on any atom is -0.324 e. The molecule has 0 bridgehead atoms. The first-order valence-electron chi connectivity index (χ1n) is 8.00. The Morgan fingerprint density at radius 2 is 1.91 bits per heavy atom. The van der Waals surface area contributed by atoms with Crippen LogP contribution in [0.5, 0.6) is 0 Å². The molecule has 122 valence electrons. The van der Waals surface area contributed by atoms with Crippen LogP contribution >= 0.6 is 0 Å². The molecule has 6 nitrogen and oxygen atoms in total. The van der Waals surface area contributed by atoms with Crippen molar-refractivity contribution < 1.29 is 4.79 Å². The van der Waals surface area contributed by atoms with Gasteiger partial charge in [-0.1, -0.05) is 17.7 Å². The molecular formula is C17H22N4O2. The third kappa shape index (κ3) is 3.06. The molecule has 3 rings (SSSR count). The van der Waals surface area contributed by atoms with Gasteiger partial charge < -0.3 is 5.32 Å². The van der Waals surface area contributed by atoms with E-state index in [1.54, 1.807) is 4.57 Å². The molecule has 0 saturated heterocycles. The number of anilines is 1. The summed E-state index contributed by atoms with van der Waals surface area (Å²) in [6.45, 7) is 6.62. The highest BCUT2D eigenvalue weighted by atomic mass is 16.2. The van der Waals surface area contributed by atoms with Crippen LogP contribution in [0.25, 0.3) is 0 Å². The minimum atomic E-state index is -0.224. The van der Waals surface area contributed by atoms with E-state index in [0.717, 1.165) is 47.5 Å². The summed E-state index contributed by atoms with van der Waals surface area (Å²) in [5.74, 6) is 0.564. The first kappa shape index (κ1) is 15.5. The number of carbonyl (C=O) groups excluding carboxylic acids is 1. The van der Waals surface area contributed by atoms with E-state index in [1.165, 1.54) is 4.68 Å². The Morgan fingerprint density at radius 3 is 2.57 bits per heavy atom. The number of aryl methyl sites for hydroxylation is 4. The molecule has 1 aromatic heterocycles. The van der Waals surface area contributed by atoms with Gasteiger partial charge in [-0.15, -0.1) is 0 Å². The summed E-state index contributed by atoms with van der Waals surface area (Å²) in [6.07, 6.45) is 2.84. The highest BCUT2D eigenvalue weighted by Gasteiger charge is 2.18. The number of hydrogen-bond acceptors (Lipinski definition) is 3. The summed E-state index contributed by atoms with van der Waals surface area (Å²) < 4.78 is 2.95. The Bertz CT molecular complexity index is 793. The average Bonchev–Trinajstić information content (AvgIpc) is 2.80. The lowest BCUT2D eigenvalue weighted by Crippen LogP contribution is -2.31. The Hall–Kier alpha value is -2.37. The van der Waals surface area contributed by atoms with Crippen LogP contribution in [-0.4, -0.2) is 20.3 Å². The van der Waals surface area contributed by atoms with Gasteiger partial charge in [-0.3, -0.25) is 9.36 Å². The second-order valence-corrected chi connectivity index (χ2v) is 6.29. The minimum absolute atomic E-state index is 0.0500. The summed E-state index contributed by atoms with van der Waals surface area (Å²) in [7, 11) is 0. The third-order valence-corrected chi connectivity index (χ3v) is 4.27. The maximum Gasteiger partial charge on any atom is 0.346 e. The van der Waals surface area contributed by atoms with E-state index in [1.807, 2.05) is 32.9 Å². The molecule has 0 saturated carbocycles. The number of benzene rings is 1. The molecule has 2 heterocycles. The molecule has 1 aliphatic rings. The third-order valence-electron chi connectivity index (χ3n) is 4.27. The lowest BCUT2D eigenvalue weighted by atomic mass is 10.1. The van der Waals surface area contributed by atoms with Crippen LogP contribution < -0.4 is 11.0 Å². The van der Waals surface area contributed by atoms with Gasteiger partial charge in [-0.25, -0.2) is 9.48 Å². The van der Waals surface area contributed by atoms with Gasteiger partial charge in [0.1, 0.15) is 12.4 Å². The van der Waals surface area contributed by atoms with E-state index in [-0.39, 0.29) is 18.1 Å². The molecule has 0 aliphatic carbocycles. The summed E-state index contributed by atoms with van der Waals surface area (Å²) in [6, 6.07) is 4.06. The van der Waals surface area contributed by atoms with Crippen LogP contribution in [-0.2, 0) is 24.3 Å². The fraction of sp³-hybridized carbons (Fsp3) is 0.471. The fourth-order valence-corrected chi connectivity index (χ4v) is 3.24. The van der Waals surface area contributed by atoms with Gasteiger partial charge in [0.2, 0.25) is 5.91 Å². The van der Waals surface area contributed by atoms with Crippen LogP contribution in [0.4, 0.5) is 5.69 Å². The van der Waals surface area contributed by atoms with Gasteiger partial charge in [0.05, 0.1) is 0 Å². The molecule has 0 fully saturated rings. The molecule has 1 amide bonds. The van der Waals surface area contributed by atoms with Gasteiger partial charge in [0, 0.05) is 18.7 Å². The summed E-state index contributed by atoms with van der Waals surface area (Å²) in [5.41, 5.74) is 3.83. The molecule has 0 spiro atoms. The van der Waals surface area contributed by atoms with E-state index >= 15 is 0 Å². The lowest BCUT2D eigenvalue weighted by Gasteiger charge is -2.12. The molecule has 6 heteroatoms. The molecule has 2 aromatic rings. The summed E-state index contributed by atoms with van der Waals surface area (Å²) >= 11 is 0.